The molecule has 0 saturated heterocycles. The van der Waals surface area contributed by atoms with Crippen LogP contribution in [0.1, 0.15) is 64.5 Å². The molecule has 0 fully saturated rings. The van der Waals surface area contributed by atoms with Gasteiger partial charge in [-0.15, -0.1) is 0 Å². The second-order valence-electron chi connectivity index (χ2n) is 10.5. The summed E-state index contributed by atoms with van der Waals surface area (Å²) in [6, 6.07) is 17.3. The topological polar surface area (TPSA) is 6.25 Å². The van der Waals surface area contributed by atoms with Gasteiger partial charge in [-0.05, 0) is 68.4 Å². The monoisotopic (exact) mass is 485 g/mol. The van der Waals surface area contributed by atoms with Crippen molar-refractivity contribution in [3.63, 3.8) is 0 Å². The van der Waals surface area contributed by atoms with Crippen molar-refractivity contribution < 1.29 is 4.58 Å². The predicted octanol–water partition coefficient (Wildman–Crippen LogP) is 8.63. The zero-order valence-electron chi connectivity index (χ0n) is 22.2. The van der Waals surface area contributed by atoms with Crippen molar-refractivity contribution in [1.82, 2.24) is 0 Å². The summed E-state index contributed by atoms with van der Waals surface area (Å²) in [5.41, 5.74) is 10.2. The van der Waals surface area contributed by atoms with Gasteiger partial charge in [0.05, 0.1) is 5.41 Å². The van der Waals surface area contributed by atoms with E-state index < -0.39 is 0 Å². The van der Waals surface area contributed by atoms with Crippen molar-refractivity contribution >= 4 is 28.7 Å². The smallest absolute Gasteiger partial charge is 0.209 e. The average molecular weight is 486 g/mol. The molecule has 0 bridgehead atoms. The zero-order valence-corrected chi connectivity index (χ0v) is 22.9. The highest BCUT2D eigenvalue weighted by Crippen LogP contribution is 2.40. The van der Waals surface area contributed by atoms with Gasteiger partial charge in [-0.25, -0.2) is 0 Å². The van der Waals surface area contributed by atoms with Crippen molar-refractivity contribution in [2.75, 3.05) is 19.0 Å². The van der Waals surface area contributed by atoms with Gasteiger partial charge in [-0.1, -0.05) is 74.0 Å². The number of hydrogen-bond donors (Lipinski definition) is 0. The van der Waals surface area contributed by atoms with Gasteiger partial charge in [0.15, 0.2) is 5.71 Å². The second-order valence-corrected chi connectivity index (χ2v) is 10.9. The summed E-state index contributed by atoms with van der Waals surface area (Å²) in [5.74, 6) is 0.482. The van der Waals surface area contributed by atoms with Crippen LogP contribution >= 0.6 is 11.6 Å². The summed E-state index contributed by atoms with van der Waals surface area (Å²) >= 11 is 6.87. The van der Waals surface area contributed by atoms with E-state index in [1.165, 1.54) is 45.1 Å². The molecule has 0 aromatic heterocycles. The molecule has 2 aromatic carbocycles. The Bertz CT molecular complexity index is 1280. The molecule has 2 aliphatic rings. The zero-order chi connectivity index (χ0) is 25.3. The molecule has 1 aliphatic carbocycles. The fraction of sp³-hybridized carbons (Fsp3) is 0.344. The Morgan fingerprint density at radius 2 is 1.71 bits per heavy atom. The first-order valence-electron chi connectivity index (χ1n) is 12.6. The summed E-state index contributed by atoms with van der Waals surface area (Å²) in [6.07, 6.45) is 10.8. The maximum Gasteiger partial charge on any atom is 0.209 e. The molecule has 3 heteroatoms. The van der Waals surface area contributed by atoms with Crippen molar-refractivity contribution in [1.29, 1.82) is 0 Å². The Morgan fingerprint density at radius 1 is 1.03 bits per heavy atom. The molecule has 1 heterocycles. The fourth-order valence-corrected chi connectivity index (χ4v) is 5.61. The number of nitrogens with zero attached hydrogens (tertiary/aromatic N) is 2. The lowest BCUT2D eigenvalue weighted by atomic mass is 9.81. The molecule has 2 nitrogen and oxygen atoms in total. The van der Waals surface area contributed by atoms with E-state index >= 15 is 0 Å². The molecule has 0 spiro atoms. The Hall–Kier alpha value is -2.84. The van der Waals surface area contributed by atoms with Crippen LogP contribution in [-0.2, 0) is 5.41 Å². The number of halogens is 1. The molecule has 0 amide bonds. The van der Waals surface area contributed by atoms with Crippen molar-refractivity contribution in [3.05, 3.63) is 106 Å². The lowest BCUT2D eigenvalue weighted by molar-refractivity contribution is -0.401. The summed E-state index contributed by atoms with van der Waals surface area (Å²) in [6.45, 7) is 11.2. The van der Waals surface area contributed by atoms with Gasteiger partial charge in [0.25, 0.3) is 0 Å². The highest BCUT2D eigenvalue weighted by atomic mass is 35.5. The standard InChI is InChI=1S/C32H38ClN2/c1-22(2)26-12-8-10-14-28(26)34(6)23(3)16-17-24-18-19-25(31(24)33)20-21-30-32(4,5)27-13-9-11-15-29(27)35(30)7/h8-17,20-22H,18-19H2,1-7H3/q+1. The van der Waals surface area contributed by atoms with E-state index in [2.05, 4.69) is 131 Å². The van der Waals surface area contributed by atoms with Crippen LogP contribution in [0.5, 0.6) is 0 Å². The molecule has 35 heavy (non-hydrogen) atoms. The molecule has 2 aromatic rings. The average Bonchev–Trinajstić information content (AvgIpc) is 3.29. The minimum absolute atomic E-state index is 0.0249. The van der Waals surface area contributed by atoms with Crippen molar-refractivity contribution in [2.24, 2.45) is 0 Å². The van der Waals surface area contributed by atoms with E-state index in [1.54, 1.807) is 0 Å². The molecule has 0 saturated carbocycles. The van der Waals surface area contributed by atoms with Gasteiger partial charge >= 0.3 is 0 Å². The van der Waals surface area contributed by atoms with E-state index in [-0.39, 0.29) is 5.41 Å². The fourth-order valence-electron chi connectivity index (χ4n) is 5.29. The van der Waals surface area contributed by atoms with Crippen LogP contribution in [-0.4, -0.2) is 24.4 Å². The SMILES string of the molecule is C/C(=C\C=C1/CCC(/C=C/C2=[N+](C)c3ccccc3C2(C)C)=C1Cl)N(C)c1ccccc1C(C)C. The van der Waals surface area contributed by atoms with Crippen molar-refractivity contribution in [3.8, 4) is 0 Å². The first kappa shape index (κ1) is 25.3. The van der Waals surface area contributed by atoms with E-state index in [1.807, 2.05) is 0 Å². The Balaban J connectivity index is 1.55. The lowest BCUT2D eigenvalue weighted by Crippen LogP contribution is -2.26. The minimum atomic E-state index is -0.0249. The van der Waals surface area contributed by atoms with Gasteiger partial charge in [0.2, 0.25) is 5.69 Å². The molecule has 0 atom stereocenters. The molecule has 0 N–H and O–H groups in total. The summed E-state index contributed by atoms with van der Waals surface area (Å²) < 4.78 is 2.31. The van der Waals surface area contributed by atoms with Crippen LogP contribution < -0.4 is 4.90 Å². The third-order valence-electron chi connectivity index (χ3n) is 7.59. The summed E-state index contributed by atoms with van der Waals surface area (Å²) in [5, 5.41) is 0.895. The van der Waals surface area contributed by atoms with E-state index in [0.29, 0.717) is 5.92 Å². The van der Waals surface area contributed by atoms with Gasteiger partial charge in [-0.3, -0.25) is 0 Å². The second kappa shape index (κ2) is 10.0. The maximum absolute atomic E-state index is 6.87. The van der Waals surface area contributed by atoms with E-state index in [9.17, 15) is 0 Å². The Labute approximate surface area is 216 Å². The number of benzene rings is 2. The molecule has 0 radical (unpaired) electrons. The number of rotatable bonds is 6. The number of allylic oxidation sites excluding steroid dienone is 8. The van der Waals surface area contributed by atoms with Gasteiger partial charge in [-0.2, -0.15) is 4.58 Å². The predicted molar refractivity (Wildman–Crippen MR) is 152 cm³/mol. The molecule has 1 aliphatic heterocycles. The maximum atomic E-state index is 6.87. The van der Waals surface area contributed by atoms with E-state index in [4.69, 9.17) is 11.6 Å². The number of fused-ring (bicyclic) bond motifs is 1. The molecular formula is C32H38ClN2+. The lowest BCUT2D eigenvalue weighted by Gasteiger charge is -2.24. The minimum Gasteiger partial charge on any atom is -0.348 e. The molecule has 182 valence electrons. The first-order valence-corrected chi connectivity index (χ1v) is 13.0. The van der Waals surface area contributed by atoms with Crippen LogP contribution in [0, 0.1) is 0 Å². The number of hydrogen-bond acceptors (Lipinski definition) is 1. The van der Waals surface area contributed by atoms with Gasteiger partial charge in [0.1, 0.15) is 7.05 Å². The van der Waals surface area contributed by atoms with Crippen LogP contribution in [0.25, 0.3) is 0 Å². The quantitative estimate of drug-likeness (QED) is 0.371. The number of para-hydroxylation sites is 2. The normalized spacial score (nSPS) is 19.0. The molecule has 0 unspecified atom stereocenters. The summed E-state index contributed by atoms with van der Waals surface area (Å²) in [7, 11) is 4.30. The highest BCUT2D eigenvalue weighted by Gasteiger charge is 2.42. The first-order chi connectivity index (χ1) is 16.6. The molecular weight excluding hydrogens is 448 g/mol. The summed E-state index contributed by atoms with van der Waals surface area (Å²) in [4.78, 5) is 2.27. The Morgan fingerprint density at radius 3 is 2.43 bits per heavy atom. The van der Waals surface area contributed by atoms with Crippen molar-refractivity contribution in [2.45, 2.75) is 58.8 Å². The van der Waals surface area contributed by atoms with Crippen LogP contribution in [0.2, 0.25) is 0 Å². The van der Waals surface area contributed by atoms with E-state index in [0.717, 1.165) is 17.9 Å². The highest BCUT2D eigenvalue weighted by molar-refractivity contribution is 6.33. The number of anilines is 1. The largest absolute Gasteiger partial charge is 0.348 e. The molecule has 4 rings (SSSR count). The Kier molecular flexibility index (Phi) is 7.24. The van der Waals surface area contributed by atoms with Crippen LogP contribution in [0.15, 0.2) is 94.7 Å². The van der Waals surface area contributed by atoms with Crippen LogP contribution in [0.3, 0.4) is 0 Å². The van der Waals surface area contributed by atoms with Gasteiger partial charge in [0, 0.05) is 41.2 Å². The van der Waals surface area contributed by atoms with Gasteiger partial charge < -0.3 is 4.90 Å². The third-order valence-corrected chi connectivity index (χ3v) is 8.07. The third kappa shape index (κ3) is 4.82. The van der Waals surface area contributed by atoms with Crippen LogP contribution in [0.4, 0.5) is 11.4 Å².